The molecule has 0 N–H and O–H groups in total. The van der Waals surface area contributed by atoms with Gasteiger partial charge in [0.15, 0.2) is 17.6 Å². The van der Waals surface area contributed by atoms with Crippen molar-refractivity contribution in [2.75, 3.05) is 20.8 Å². The molecule has 2 aromatic rings. The monoisotopic (exact) mass is 450 g/mol. The van der Waals surface area contributed by atoms with Crippen LogP contribution in [0, 0.1) is 0 Å². The molecular weight excluding hydrogens is 425 g/mol. The first kappa shape index (κ1) is 23.4. The number of halogens is 3. The van der Waals surface area contributed by atoms with Crippen molar-refractivity contribution in [1.29, 1.82) is 0 Å². The van der Waals surface area contributed by atoms with E-state index in [0.717, 1.165) is 17.7 Å². The molecule has 1 heterocycles. The Labute approximate surface area is 184 Å². The van der Waals surface area contributed by atoms with E-state index in [2.05, 4.69) is 5.16 Å². The summed E-state index contributed by atoms with van der Waals surface area (Å²) in [5, 5.41) is 4.14. The minimum atomic E-state index is -4.44. The van der Waals surface area contributed by atoms with Crippen molar-refractivity contribution < 1.29 is 32.3 Å². The first-order valence-electron chi connectivity index (χ1n) is 10.1. The third-order valence-electron chi connectivity index (χ3n) is 5.16. The van der Waals surface area contributed by atoms with Gasteiger partial charge >= 0.3 is 6.18 Å². The summed E-state index contributed by atoms with van der Waals surface area (Å²) in [6, 6.07) is 10.4. The number of methoxy groups -OCH3 is 2. The van der Waals surface area contributed by atoms with E-state index in [4.69, 9.17) is 14.3 Å². The van der Waals surface area contributed by atoms with E-state index in [1.54, 1.807) is 39.3 Å². The Morgan fingerprint density at radius 3 is 2.56 bits per heavy atom. The number of hydrogen-bond acceptors (Lipinski definition) is 5. The summed E-state index contributed by atoms with van der Waals surface area (Å²) in [5.41, 5.74) is 1.16. The van der Waals surface area contributed by atoms with Gasteiger partial charge < -0.3 is 19.2 Å². The lowest BCUT2D eigenvalue weighted by molar-refractivity contribution is -0.137. The molecule has 1 amide bonds. The highest BCUT2D eigenvalue weighted by Gasteiger charge is 2.31. The van der Waals surface area contributed by atoms with Crippen LogP contribution in [0.5, 0.6) is 11.5 Å². The summed E-state index contributed by atoms with van der Waals surface area (Å²) in [7, 11) is 3.09. The lowest BCUT2D eigenvalue weighted by Crippen LogP contribution is -2.37. The molecule has 32 heavy (non-hydrogen) atoms. The van der Waals surface area contributed by atoms with Crippen LogP contribution in [0.1, 0.15) is 36.5 Å². The molecule has 0 saturated heterocycles. The molecule has 172 valence electrons. The molecule has 1 aliphatic rings. The van der Waals surface area contributed by atoms with Gasteiger partial charge in [0.05, 0.1) is 32.0 Å². The largest absolute Gasteiger partial charge is 0.493 e. The van der Waals surface area contributed by atoms with Crippen molar-refractivity contribution in [3.8, 4) is 11.5 Å². The maximum atomic E-state index is 13.0. The van der Waals surface area contributed by atoms with Crippen LogP contribution in [0.4, 0.5) is 13.2 Å². The van der Waals surface area contributed by atoms with Gasteiger partial charge in [0.2, 0.25) is 5.91 Å². The Bertz CT molecular complexity index is 991. The Hall–Kier alpha value is -3.23. The molecule has 0 radical (unpaired) electrons. The Morgan fingerprint density at radius 2 is 1.91 bits per heavy atom. The number of nitrogens with zero attached hydrogens (tertiary/aromatic N) is 2. The topological polar surface area (TPSA) is 60.4 Å². The zero-order valence-electron chi connectivity index (χ0n) is 18.1. The van der Waals surface area contributed by atoms with Crippen molar-refractivity contribution >= 4 is 11.6 Å². The lowest BCUT2D eigenvalue weighted by atomic mass is 10.0. The third kappa shape index (κ3) is 5.52. The minimum Gasteiger partial charge on any atom is -0.493 e. The summed E-state index contributed by atoms with van der Waals surface area (Å²) < 4.78 is 49.7. The molecule has 0 aliphatic carbocycles. The summed E-state index contributed by atoms with van der Waals surface area (Å²) in [6.07, 6.45) is -4.16. The highest BCUT2D eigenvalue weighted by Crippen LogP contribution is 2.31. The number of hydrogen-bond donors (Lipinski definition) is 0. The SMILES string of the molecule is CCC(=O)N(Cc1cccc(C(F)(F)F)c1)C[C@H]1CC(c2ccc(OC)c(OC)c2)=NO1. The predicted octanol–water partition coefficient (Wildman–Crippen LogP) is 4.65. The van der Waals surface area contributed by atoms with Crippen molar-refractivity contribution in [2.24, 2.45) is 5.16 Å². The van der Waals surface area contributed by atoms with Crippen LogP contribution in [-0.2, 0) is 22.4 Å². The number of ether oxygens (including phenoxy) is 2. The van der Waals surface area contributed by atoms with Gasteiger partial charge in [-0.15, -0.1) is 0 Å². The van der Waals surface area contributed by atoms with Gasteiger partial charge in [-0.3, -0.25) is 4.79 Å². The molecule has 9 heteroatoms. The number of amides is 1. The van der Waals surface area contributed by atoms with Crippen molar-refractivity contribution in [3.63, 3.8) is 0 Å². The van der Waals surface area contributed by atoms with Crippen molar-refractivity contribution in [1.82, 2.24) is 4.90 Å². The Morgan fingerprint density at radius 1 is 1.16 bits per heavy atom. The average Bonchev–Trinajstić information content (AvgIpc) is 3.25. The first-order valence-corrected chi connectivity index (χ1v) is 10.1. The van der Waals surface area contributed by atoms with Crippen LogP contribution in [0.3, 0.4) is 0 Å². The summed E-state index contributed by atoms with van der Waals surface area (Å²) in [4.78, 5) is 19.5. The average molecular weight is 450 g/mol. The van der Waals surface area contributed by atoms with Gasteiger partial charge in [-0.1, -0.05) is 24.2 Å². The van der Waals surface area contributed by atoms with Gasteiger partial charge in [-0.2, -0.15) is 13.2 Å². The number of oxime groups is 1. The molecule has 1 aliphatic heterocycles. The smallest absolute Gasteiger partial charge is 0.416 e. The molecular formula is C23H25F3N2O4. The number of carbonyl (C=O) groups excluding carboxylic acids is 1. The Kier molecular flexibility index (Phi) is 7.27. The molecule has 0 aromatic heterocycles. The standard InChI is InChI=1S/C23H25F3N2O4/c1-4-22(29)28(13-15-6-5-7-17(10-15)23(24,25)26)14-18-12-19(27-32-18)16-8-9-20(30-2)21(11-16)31-3/h5-11,18H,4,12-14H2,1-3H3/t18-/m1/s1. The second kappa shape index (κ2) is 9.93. The van der Waals surface area contributed by atoms with Crippen LogP contribution in [0.25, 0.3) is 0 Å². The van der Waals surface area contributed by atoms with Crippen LogP contribution < -0.4 is 9.47 Å². The van der Waals surface area contributed by atoms with E-state index in [-0.39, 0.29) is 25.4 Å². The van der Waals surface area contributed by atoms with Gasteiger partial charge in [-0.25, -0.2) is 0 Å². The van der Waals surface area contributed by atoms with E-state index >= 15 is 0 Å². The quantitative estimate of drug-likeness (QED) is 0.587. The number of alkyl halides is 3. The fraction of sp³-hybridized carbons (Fsp3) is 0.391. The molecule has 0 fully saturated rings. The molecule has 6 nitrogen and oxygen atoms in total. The van der Waals surface area contributed by atoms with Crippen LogP contribution in [0.15, 0.2) is 47.6 Å². The number of benzene rings is 2. The van der Waals surface area contributed by atoms with E-state index in [1.807, 2.05) is 6.07 Å². The zero-order valence-corrected chi connectivity index (χ0v) is 18.1. The number of carbonyl (C=O) groups is 1. The second-order valence-corrected chi connectivity index (χ2v) is 7.37. The molecule has 1 atom stereocenters. The van der Waals surface area contributed by atoms with Crippen LogP contribution in [-0.4, -0.2) is 43.4 Å². The Balaban J connectivity index is 1.70. The van der Waals surface area contributed by atoms with Gasteiger partial charge in [0.1, 0.15) is 0 Å². The molecule has 0 spiro atoms. The summed E-state index contributed by atoms with van der Waals surface area (Å²) in [6.45, 7) is 1.98. The molecule has 3 rings (SSSR count). The zero-order chi connectivity index (χ0) is 23.3. The number of rotatable bonds is 8. The molecule has 0 bridgehead atoms. The highest BCUT2D eigenvalue weighted by molar-refractivity contribution is 6.01. The minimum absolute atomic E-state index is 0.0577. The first-order chi connectivity index (χ1) is 15.2. The summed E-state index contributed by atoms with van der Waals surface area (Å²) in [5.74, 6) is 0.974. The maximum Gasteiger partial charge on any atom is 0.416 e. The third-order valence-corrected chi connectivity index (χ3v) is 5.16. The van der Waals surface area contributed by atoms with Crippen molar-refractivity contribution in [2.45, 2.75) is 38.6 Å². The summed E-state index contributed by atoms with van der Waals surface area (Å²) >= 11 is 0. The van der Waals surface area contributed by atoms with Gasteiger partial charge in [-0.05, 0) is 35.9 Å². The van der Waals surface area contributed by atoms with Crippen molar-refractivity contribution in [3.05, 3.63) is 59.2 Å². The van der Waals surface area contributed by atoms with Gasteiger partial charge in [0.25, 0.3) is 0 Å². The lowest BCUT2D eigenvalue weighted by Gasteiger charge is -2.25. The fourth-order valence-electron chi connectivity index (χ4n) is 3.50. The van der Waals surface area contributed by atoms with E-state index in [9.17, 15) is 18.0 Å². The fourth-order valence-corrected chi connectivity index (χ4v) is 3.50. The van der Waals surface area contributed by atoms with Crippen LogP contribution in [0.2, 0.25) is 0 Å². The highest BCUT2D eigenvalue weighted by atomic mass is 19.4. The molecule has 0 unspecified atom stereocenters. The molecule has 0 saturated carbocycles. The normalized spacial score (nSPS) is 15.7. The maximum absolute atomic E-state index is 13.0. The van der Waals surface area contributed by atoms with E-state index in [1.165, 1.54) is 11.0 Å². The second-order valence-electron chi connectivity index (χ2n) is 7.37. The van der Waals surface area contributed by atoms with E-state index in [0.29, 0.717) is 29.2 Å². The van der Waals surface area contributed by atoms with Gasteiger partial charge in [0, 0.05) is 24.9 Å². The predicted molar refractivity (Wildman–Crippen MR) is 113 cm³/mol. The van der Waals surface area contributed by atoms with E-state index < -0.39 is 17.8 Å². The van der Waals surface area contributed by atoms with Crippen LogP contribution >= 0.6 is 0 Å². The molecule has 2 aromatic carbocycles.